The lowest BCUT2D eigenvalue weighted by Crippen LogP contribution is -2.17. The molecule has 20 heavy (non-hydrogen) atoms. The SMILES string of the molecule is CCCn1c(Sc2ccc(C(=O)O)c(N)c2)n[nH]c1=O. The number of aromatic amines is 1. The monoisotopic (exact) mass is 294 g/mol. The van der Waals surface area contributed by atoms with E-state index in [-0.39, 0.29) is 16.9 Å². The van der Waals surface area contributed by atoms with Crippen LogP contribution in [0.3, 0.4) is 0 Å². The molecule has 4 N–H and O–H groups in total. The lowest BCUT2D eigenvalue weighted by Gasteiger charge is -2.06. The Labute approximate surface area is 118 Å². The van der Waals surface area contributed by atoms with Gasteiger partial charge in [0.2, 0.25) is 0 Å². The third-order valence-corrected chi connectivity index (χ3v) is 3.62. The molecule has 0 aliphatic heterocycles. The van der Waals surface area contributed by atoms with Crippen molar-refractivity contribution in [2.75, 3.05) is 5.73 Å². The highest BCUT2D eigenvalue weighted by atomic mass is 32.2. The van der Waals surface area contributed by atoms with Gasteiger partial charge in [0.05, 0.1) is 5.56 Å². The molecule has 0 amide bonds. The van der Waals surface area contributed by atoms with Crippen LogP contribution in [0.2, 0.25) is 0 Å². The van der Waals surface area contributed by atoms with Crippen molar-refractivity contribution in [3.05, 3.63) is 34.2 Å². The smallest absolute Gasteiger partial charge is 0.343 e. The standard InChI is InChI=1S/C12H14N4O3S/c1-2-5-16-11(19)14-15-12(16)20-7-3-4-8(10(17)18)9(13)6-7/h3-4,6H,2,5,13H2,1H3,(H,14,19)(H,17,18). The molecule has 0 spiro atoms. The number of nitrogen functional groups attached to an aromatic ring is 1. The van der Waals surface area contributed by atoms with Gasteiger partial charge >= 0.3 is 11.7 Å². The van der Waals surface area contributed by atoms with Crippen molar-refractivity contribution in [2.24, 2.45) is 0 Å². The summed E-state index contributed by atoms with van der Waals surface area (Å²) < 4.78 is 1.53. The predicted molar refractivity (Wildman–Crippen MR) is 75.1 cm³/mol. The van der Waals surface area contributed by atoms with Gasteiger partial charge in [0.1, 0.15) is 0 Å². The molecule has 0 radical (unpaired) electrons. The second kappa shape index (κ2) is 5.83. The van der Waals surface area contributed by atoms with Gasteiger partial charge in [-0.1, -0.05) is 6.92 Å². The Hall–Kier alpha value is -2.22. The number of carbonyl (C=O) groups is 1. The van der Waals surface area contributed by atoms with E-state index >= 15 is 0 Å². The molecule has 1 aromatic carbocycles. The normalized spacial score (nSPS) is 10.7. The van der Waals surface area contributed by atoms with Crippen LogP contribution in [-0.2, 0) is 6.54 Å². The molecule has 2 rings (SSSR count). The Morgan fingerprint density at radius 1 is 1.55 bits per heavy atom. The van der Waals surface area contributed by atoms with E-state index in [1.807, 2.05) is 6.92 Å². The summed E-state index contributed by atoms with van der Waals surface area (Å²) in [6.45, 7) is 2.54. The van der Waals surface area contributed by atoms with Crippen molar-refractivity contribution in [1.29, 1.82) is 0 Å². The molecule has 0 atom stereocenters. The lowest BCUT2D eigenvalue weighted by molar-refractivity contribution is 0.0698. The van der Waals surface area contributed by atoms with Crippen LogP contribution in [0.25, 0.3) is 0 Å². The average Bonchev–Trinajstić information content (AvgIpc) is 2.72. The number of nitrogens with two attached hydrogens (primary N) is 1. The van der Waals surface area contributed by atoms with Crippen LogP contribution < -0.4 is 11.4 Å². The Bertz CT molecular complexity index is 692. The fraction of sp³-hybridized carbons (Fsp3) is 0.250. The van der Waals surface area contributed by atoms with E-state index in [1.54, 1.807) is 12.1 Å². The number of benzene rings is 1. The van der Waals surface area contributed by atoms with Crippen LogP contribution in [0.4, 0.5) is 5.69 Å². The van der Waals surface area contributed by atoms with E-state index in [9.17, 15) is 9.59 Å². The van der Waals surface area contributed by atoms with E-state index in [0.29, 0.717) is 11.7 Å². The maximum atomic E-state index is 11.6. The minimum Gasteiger partial charge on any atom is -0.478 e. The van der Waals surface area contributed by atoms with E-state index in [1.165, 1.54) is 22.4 Å². The van der Waals surface area contributed by atoms with Gasteiger partial charge in [0.15, 0.2) is 5.16 Å². The van der Waals surface area contributed by atoms with Crippen molar-refractivity contribution in [1.82, 2.24) is 14.8 Å². The first-order valence-electron chi connectivity index (χ1n) is 5.98. The first kappa shape index (κ1) is 14.2. The number of aromatic carboxylic acids is 1. The van der Waals surface area contributed by atoms with E-state index in [4.69, 9.17) is 10.8 Å². The number of aromatic nitrogens is 3. The summed E-state index contributed by atoms with van der Waals surface area (Å²) in [6, 6.07) is 4.64. The number of hydrogen-bond donors (Lipinski definition) is 3. The van der Waals surface area contributed by atoms with Crippen LogP contribution in [0.5, 0.6) is 0 Å². The molecule has 0 bridgehead atoms. The number of hydrogen-bond acceptors (Lipinski definition) is 5. The summed E-state index contributed by atoms with van der Waals surface area (Å²) in [5.41, 5.74) is 5.67. The van der Waals surface area contributed by atoms with Crippen LogP contribution in [0.15, 0.2) is 33.0 Å². The number of H-pyrrole nitrogens is 1. The number of rotatable bonds is 5. The minimum absolute atomic E-state index is 0.0577. The zero-order valence-electron chi connectivity index (χ0n) is 10.8. The summed E-state index contributed by atoms with van der Waals surface area (Å²) >= 11 is 1.26. The average molecular weight is 294 g/mol. The summed E-state index contributed by atoms with van der Waals surface area (Å²) in [6.07, 6.45) is 0.813. The summed E-state index contributed by atoms with van der Waals surface area (Å²) in [7, 11) is 0. The molecule has 7 nitrogen and oxygen atoms in total. The molecule has 2 aromatic rings. The summed E-state index contributed by atoms with van der Waals surface area (Å²) in [4.78, 5) is 23.2. The van der Waals surface area contributed by atoms with Crippen LogP contribution in [0, 0.1) is 0 Å². The molecule has 0 aliphatic rings. The Morgan fingerprint density at radius 2 is 2.30 bits per heavy atom. The van der Waals surface area contributed by atoms with Crippen molar-refractivity contribution < 1.29 is 9.90 Å². The van der Waals surface area contributed by atoms with Crippen molar-refractivity contribution >= 4 is 23.4 Å². The molecule has 0 saturated heterocycles. The first-order valence-corrected chi connectivity index (χ1v) is 6.80. The fourth-order valence-corrected chi connectivity index (χ4v) is 2.61. The Kier molecular flexibility index (Phi) is 4.14. The van der Waals surface area contributed by atoms with E-state index < -0.39 is 5.97 Å². The molecule has 0 aliphatic carbocycles. The number of anilines is 1. The number of nitrogens with one attached hydrogen (secondary N) is 1. The summed E-state index contributed by atoms with van der Waals surface area (Å²) in [5.74, 6) is -1.07. The van der Waals surface area contributed by atoms with E-state index in [0.717, 1.165) is 11.3 Å². The fourth-order valence-electron chi connectivity index (χ4n) is 1.71. The largest absolute Gasteiger partial charge is 0.478 e. The highest BCUT2D eigenvalue weighted by Crippen LogP contribution is 2.28. The minimum atomic E-state index is -1.07. The third-order valence-electron chi connectivity index (χ3n) is 2.63. The molecule has 8 heteroatoms. The van der Waals surface area contributed by atoms with Crippen LogP contribution in [0.1, 0.15) is 23.7 Å². The van der Waals surface area contributed by atoms with Gasteiger partial charge in [-0.25, -0.2) is 14.7 Å². The molecular formula is C12H14N4O3S. The molecule has 0 unspecified atom stereocenters. The highest BCUT2D eigenvalue weighted by Gasteiger charge is 2.12. The topological polar surface area (TPSA) is 114 Å². The summed E-state index contributed by atoms with van der Waals surface area (Å²) in [5, 5.41) is 15.8. The van der Waals surface area contributed by atoms with Crippen LogP contribution >= 0.6 is 11.8 Å². The van der Waals surface area contributed by atoms with Gasteiger partial charge in [-0.2, -0.15) is 0 Å². The second-order valence-corrected chi connectivity index (χ2v) is 5.16. The van der Waals surface area contributed by atoms with Gasteiger partial charge in [-0.15, -0.1) is 5.10 Å². The van der Waals surface area contributed by atoms with Crippen molar-refractivity contribution in [2.45, 2.75) is 29.9 Å². The molecule has 1 heterocycles. The van der Waals surface area contributed by atoms with Crippen LogP contribution in [-0.4, -0.2) is 25.8 Å². The molecule has 0 fully saturated rings. The highest BCUT2D eigenvalue weighted by molar-refractivity contribution is 7.99. The zero-order chi connectivity index (χ0) is 14.7. The first-order chi connectivity index (χ1) is 9.52. The maximum Gasteiger partial charge on any atom is 0.343 e. The predicted octanol–water partition coefficient (Wildman–Crippen LogP) is 1.41. The van der Waals surface area contributed by atoms with Gasteiger partial charge in [-0.05, 0) is 36.4 Å². The van der Waals surface area contributed by atoms with Crippen molar-refractivity contribution in [3.63, 3.8) is 0 Å². The quantitative estimate of drug-likeness (QED) is 0.718. The molecule has 0 saturated carbocycles. The molecular weight excluding hydrogens is 280 g/mol. The van der Waals surface area contributed by atoms with Gasteiger partial charge < -0.3 is 10.8 Å². The van der Waals surface area contributed by atoms with Gasteiger partial charge in [0.25, 0.3) is 0 Å². The Morgan fingerprint density at radius 3 is 2.90 bits per heavy atom. The molecule has 1 aromatic heterocycles. The lowest BCUT2D eigenvalue weighted by atomic mass is 10.2. The Balaban J connectivity index is 2.29. The zero-order valence-corrected chi connectivity index (χ0v) is 11.6. The maximum absolute atomic E-state index is 11.6. The number of carboxylic acids is 1. The molecule has 106 valence electrons. The van der Waals surface area contributed by atoms with E-state index in [2.05, 4.69) is 10.2 Å². The number of nitrogens with zero attached hydrogens (tertiary/aromatic N) is 2. The third kappa shape index (κ3) is 2.85. The second-order valence-electron chi connectivity index (χ2n) is 4.12. The number of carboxylic acid groups (broad SMARTS) is 1. The van der Waals surface area contributed by atoms with Gasteiger partial charge in [-0.3, -0.25) is 4.57 Å². The van der Waals surface area contributed by atoms with Gasteiger partial charge in [0, 0.05) is 17.1 Å². The van der Waals surface area contributed by atoms with Crippen molar-refractivity contribution in [3.8, 4) is 0 Å².